The van der Waals surface area contributed by atoms with E-state index in [4.69, 9.17) is 5.11 Å². The van der Waals surface area contributed by atoms with E-state index in [1.165, 1.54) is 25.1 Å². The Hall–Kier alpha value is -2.44. The highest BCUT2D eigenvalue weighted by molar-refractivity contribution is 6.08. The summed E-state index contributed by atoms with van der Waals surface area (Å²) in [4.78, 5) is 33.1. The number of nitrogens with zero attached hydrogens (tertiary/aromatic N) is 1. The molecule has 18 heavy (non-hydrogen) atoms. The maximum atomic E-state index is 11.9. The molecule has 0 aromatic heterocycles. The molecule has 2 rings (SSSR count). The molecule has 1 amide bonds. The number of fused-ring (bicyclic) bond motifs is 1. The zero-order valence-electron chi connectivity index (χ0n) is 9.47. The summed E-state index contributed by atoms with van der Waals surface area (Å²) in [6, 6.07) is 4.23. The Morgan fingerprint density at radius 1 is 1.56 bits per heavy atom. The molecule has 0 radical (unpaired) electrons. The molecule has 2 N–H and O–H groups in total. The standard InChI is InChI=1S/C11H10N2O5/c1-11(5-8(14)15)9-6(12-10(11)16)3-2-4-7(9)13(17)18/h2-4H,5H2,1H3,(H,12,16)(H,14,15). The van der Waals surface area contributed by atoms with E-state index in [1.54, 1.807) is 0 Å². The third-order valence-corrected chi connectivity index (χ3v) is 3.05. The quantitative estimate of drug-likeness (QED) is 0.620. The van der Waals surface area contributed by atoms with E-state index in [1.807, 2.05) is 0 Å². The fourth-order valence-corrected chi connectivity index (χ4v) is 2.22. The van der Waals surface area contributed by atoms with Crippen molar-refractivity contribution in [3.8, 4) is 0 Å². The molecule has 1 aromatic carbocycles. The second-order valence-corrected chi connectivity index (χ2v) is 4.31. The summed E-state index contributed by atoms with van der Waals surface area (Å²) in [5.74, 6) is -1.71. The van der Waals surface area contributed by atoms with E-state index in [9.17, 15) is 19.7 Å². The van der Waals surface area contributed by atoms with Crippen LogP contribution < -0.4 is 5.32 Å². The van der Waals surface area contributed by atoms with Gasteiger partial charge >= 0.3 is 5.97 Å². The Balaban J connectivity index is 2.66. The Labute approximate surface area is 102 Å². The molecule has 0 spiro atoms. The summed E-state index contributed by atoms with van der Waals surface area (Å²) >= 11 is 0. The number of benzene rings is 1. The zero-order chi connectivity index (χ0) is 13.5. The normalized spacial score (nSPS) is 21.3. The van der Waals surface area contributed by atoms with Gasteiger partial charge in [-0.2, -0.15) is 0 Å². The Morgan fingerprint density at radius 3 is 2.78 bits per heavy atom. The van der Waals surface area contributed by atoms with Gasteiger partial charge in [0.25, 0.3) is 5.69 Å². The number of hydrogen-bond acceptors (Lipinski definition) is 4. The number of nitro benzene ring substituents is 1. The van der Waals surface area contributed by atoms with Crippen LogP contribution in [0.2, 0.25) is 0 Å². The van der Waals surface area contributed by atoms with Crippen molar-refractivity contribution in [3.63, 3.8) is 0 Å². The summed E-state index contributed by atoms with van der Waals surface area (Å²) in [5, 5.41) is 22.3. The second kappa shape index (κ2) is 3.80. The minimum atomic E-state index is -1.41. The average Bonchev–Trinajstić information content (AvgIpc) is 2.50. The monoisotopic (exact) mass is 250 g/mol. The van der Waals surface area contributed by atoms with Crippen LogP contribution in [0.15, 0.2) is 18.2 Å². The predicted molar refractivity (Wildman–Crippen MR) is 61.3 cm³/mol. The lowest BCUT2D eigenvalue weighted by Gasteiger charge is -2.19. The van der Waals surface area contributed by atoms with Crippen molar-refractivity contribution in [1.29, 1.82) is 0 Å². The van der Waals surface area contributed by atoms with Crippen LogP contribution in [0.5, 0.6) is 0 Å². The van der Waals surface area contributed by atoms with Crippen LogP contribution in [0.25, 0.3) is 0 Å². The van der Waals surface area contributed by atoms with Gasteiger partial charge in [0.15, 0.2) is 0 Å². The van der Waals surface area contributed by atoms with Gasteiger partial charge in [0.05, 0.1) is 28.0 Å². The molecule has 1 atom stereocenters. The van der Waals surface area contributed by atoms with Gasteiger partial charge in [-0.05, 0) is 13.0 Å². The maximum absolute atomic E-state index is 11.9. The topological polar surface area (TPSA) is 110 Å². The third kappa shape index (κ3) is 1.60. The molecule has 0 fully saturated rings. The number of amides is 1. The van der Waals surface area contributed by atoms with Gasteiger partial charge < -0.3 is 10.4 Å². The average molecular weight is 250 g/mol. The van der Waals surface area contributed by atoms with Crippen molar-refractivity contribution in [3.05, 3.63) is 33.9 Å². The lowest BCUT2D eigenvalue weighted by atomic mass is 9.80. The van der Waals surface area contributed by atoms with Crippen LogP contribution >= 0.6 is 0 Å². The zero-order valence-corrected chi connectivity index (χ0v) is 9.47. The molecule has 1 unspecified atom stereocenters. The Kier molecular flexibility index (Phi) is 2.54. The number of anilines is 1. The Morgan fingerprint density at radius 2 is 2.22 bits per heavy atom. The van der Waals surface area contributed by atoms with Crippen molar-refractivity contribution in [2.24, 2.45) is 0 Å². The number of carboxylic acids is 1. The summed E-state index contributed by atoms with van der Waals surface area (Å²) in [7, 11) is 0. The van der Waals surface area contributed by atoms with E-state index >= 15 is 0 Å². The molecule has 0 bridgehead atoms. The molecule has 1 heterocycles. The smallest absolute Gasteiger partial charge is 0.304 e. The molecular formula is C11H10N2O5. The Bertz CT molecular complexity index is 569. The van der Waals surface area contributed by atoms with Gasteiger partial charge in [0.1, 0.15) is 0 Å². The van der Waals surface area contributed by atoms with Crippen LogP contribution in [0.1, 0.15) is 18.9 Å². The molecule has 1 aromatic rings. The van der Waals surface area contributed by atoms with Gasteiger partial charge in [-0.3, -0.25) is 19.7 Å². The molecule has 0 saturated carbocycles. The molecule has 0 saturated heterocycles. The number of carbonyl (C=O) groups excluding carboxylic acids is 1. The summed E-state index contributed by atoms with van der Waals surface area (Å²) in [5.41, 5.74) is -1.21. The first-order valence-electron chi connectivity index (χ1n) is 5.17. The van der Waals surface area contributed by atoms with E-state index in [0.717, 1.165) is 0 Å². The largest absolute Gasteiger partial charge is 0.481 e. The van der Waals surface area contributed by atoms with Crippen molar-refractivity contribution >= 4 is 23.3 Å². The van der Waals surface area contributed by atoms with E-state index in [2.05, 4.69) is 5.32 Å². The molecule has 0 aliphatic carbocycles. The highest BCUT2D eigenvalue weighted by Crippen LogP contribution is 2.45. The van der Waals surface area contributed by atoms with Gasteiger partial charge in [-0.25, -0.2) is 0 Å². The maximum Gasteiger partial charge on any atom is 0.304 e. The van der Waals surface area contributed by atoms with Crippen molar-refractivity contribution in [2.45, 2.75) is 18.8 Å². The molecule has 1 aliphatic heterocycles. The summed E-state index contributed by atoms with van der Waals surface area (Å²) in [6.07, 6.45) is -0.489. The second-order valence-electron chi connectivity index (χ2n) is 4.31. The minimum absolute atomic E-state index is 0.141. The molecular weight excluding hydrogens is 240 g/mol. The van der Waals surface area contributed by atoms with Crippen LogP contribution in [0.4, 0.5) is 11.4 Å². The lowest BCUT2D eigenvalue weighted by molar-refractivity contribution is -0.385. The predicted octanol–water partition coefficient (Wildman–Crippen LogP) is 1.28. The fraction of sp³-hybridized carbons (Fsp3) is 0.273. The number of carboxylic acid groups (broad SMARTS) is 1. The van der Waals surface area contributed by atoms with E-state index in [-0.39, 0.29) is 11.3 Å². The highest BCUT2D eigenvalue weighted by atomic mass is 16.6. The highest BCUT2D eigenvalue weighted by Gasteiger charge is 2.48. The minimum Gasteiger partial charge on any atom is -0.481 e. The van der Waals surface area contributed by atoms with Gasteiger partial charge in [0, 0.05) is 6.07 Å². The van der Waals surface area contributed by atoms with Crippen LogP contribution in [0.3, 0.4) is 0 Å². The number of rotatable bonds is 3. The summed E-state index contributed by atoms with van der Waals surface area (Å²) < 4.78 is 0. The lowest BCUT2D eigenvalue weighted by Crippen LogP contribution is -2.34. The summed E-state index contributed by atoms with van der Waals surface area (Å²) in [6.45, 7) is 1.40. The number of hydrogen-bond donors (Lipinski definition) is 2. The molecule has 7 heteroatoms. The first-order valence-corrected chi connectivity index (χ1v) is 5.17. The van der Waals surface area contributed by atoms with Crippen molar-refractivity contribution in [2.75, 3.05) is 5.32 Å². The van der Waals surface area contributed by atoms with Crippen LogP contribution in [-0.2, 0) is 15.0 Å². The van der Waals surface area contributed by atoms with Crippen molar-refractivity contribution < 1.29 is 19.6 Å². The SMILES string of the molecule is CC1(CC(=O)O)C(=O)Nc2cccc([N+](=O)[O-])c21. The van der Waals surface area contributed by atoms with E-state index < -0.39 is 28.6 Å². The molecule has 94 valence electrons. The van der Waals surface area contributed by atoms with Crippen molar-refractivity contribution in [1.82, 2.24) is 0 Å². The molecule has 1 aliphatic rings. The van der Waals surface area contributed by atoms with Gasteiger partial charge in [-0.1, -0.05) is 6.07 Å². The van der Waals surface area contributed by atoms with Gasteiger partial charge in [0.2, 0.25) is 5.91 Å². The van der Waals surface area contributed by atoms with Crippen LogP contribution in [-0.4, -0.2) is 21.9 Å². The number of nitro groups is 1. The van der Waals surface area contributed by atoms with Crippen LogP contribution in [0, 0.1) is 10.1 Å². The van der Waals surface area contributed by atoms with E-state index in [0.29, 0.717) is 5.69 Å². The first kappa shape index (κ1) is 12.0. The number of nitrogens with one attached hydrogen (secondary N) is 1. The fourth-order valence-electron chi connectivity index (χ4n) is 2.22. The number of carbonyl (C=O) groups is 2. The number of aliphatic carboxylic acids is 1. The van der Waals surface area contributed by atoms with Gasteiger partial charge in [-0.15, -0.1) is 0 Å². The molecule has 7 nitrogen and oxygen atoms in total. The third-order valence-electron chi connectivity index (χ3n) is 3.05. The first-order chi connectivity index (χ1) is 8.36.